The van der Waals surface area contributed by atoms with Crippen LogP contribution in [0.2, 0.25) is 0 Å². The molecule has 2 N–H and O–H groups in total. The van der Waals surface area contributed by atoms with Crippen molar-refractivity contribution in [3.05, 3.63) is 23.7 Å². The van der Waals surface area contributed by atoms with Gasteiger partial charge in [-0.1, -0.05) is 13.3 Å². The van der Waals surface area contributed by atoms with Gasteiger partial charge in [-0.15, -0.1) is 0 Å². The summed E-state index contributed by atoms with van der Waals surface area (Å²) in [5, 5.41) is 12.2. The minimum absolute atomic E-state index is 0.0530. The van der Waals surface area contributed by atoms with Crippen LogP contribution in [0.15, 0.2) is 16.7 Å². The van der Waals surface area contributed by atoms with Gasteiger partial charge in [0.05, 0.1) is 6.26 Å². The Morgan fingerprint density at radius 2 is 2.41 bits per heavy atom. The zero-order valence-electron chi connectivity index (χ0n) is 10.1. The summed E-state index contributed by atoms with van der Waals surface area (Å²) in [6.45, 7) is 3.83. The molecule has 0 aromatic carbocycles. The van der Waals surface area contributed by atoms with Crippen LogP contribution in [0.4, 0.5) is 0 Å². The third-order valence-electron chi connectivity index (χ3n) is 3.49. The van der Waals surface area contributed by atoms with Crippen molar-refractivity contribution in [2.24, 2.45) is 11.8 Å². The Labute approximate surface area is 101 Å². The smallest absolute Gasteiger partial charge is 0.372 e. The first-order chi connectivity index (χ1) is 8.16. The highest BCUT2D eigenvalue weighted by atomic mass is 16.4. The van der Waals surface area contributed by atoms with E-state index in [-0.39, 0.29) is 5.76 Å². The summed E-state index contributed by atoms with van der Waals surface area (Å²) in [7, 11) is 0. The topological polar surface area (TPSA) is 62.5 Å². The first-order valence-corrected chi connectivity index (χ1v) is 6.17. The van der Waals surface area contributed by atoms with E-state index in [0.717, 1.165) is 23.9 Å². The number of carboxylic acids is 1. The Morgan fingerprint density at radius 3 is 3.06 bits per heavy atom. The fraction of sp³-hybridized carbons (Fsp3) is 0.615. The molecule has 0 aliphatic heterocycles. The molecular weight excluding hydrogens is 218 g/mol. The maximum atomic E-state index is 10.8. The maximum absolute atomic E-state index is 10.8. The molecule has 0 bridgehead atoms. The van der Waals surface area contributed by atoms with Crippen molar-refractivity contribution in [3.8, 4) is 0 Å². The second-order valence-corrected chi connectivity index (χ2v) is 5.00. The number of nitrogens with one attached hydrogen (secondary N) is 1. The molecule has 1 heterocycles. The average Bonchev–Trinajstić information content (AvgIpc) is 2.87. The van der Waals surface area contributed by atoms with Gasteiger partial charge in [-0.2, -0.15) is 0 Å². The molecule has 0 saturated heterocycles. The van der Waals surface area contributed by atoms with E-state index in [9.17, 15) is 4.79 Å². The molecule has 0 amide bonds. The molecule has 4 nitrogen and oxygen atoms in total. The Balaban J connectivity index is 1.78. The molecule has 1 fully saturated rings. The summed E-state index contributed by atoms with van der Waals surface area (Å²) >= 11 is 0. The Kier molecular flexibility index (Phi) is 3.84. The Hall–Kier alpha value is -1.29. The fourth-order valence-electron chi connectivity index (χ4n) is 2.58. The third-order valence-corrected chi connectivity index (χ3v) is 3.49. The van der Waals surface area contributed by atoms with E-state index in [0.29, 0.717) is 6.54 Å². The van der Waals surface area contributed by atoms with Crippen LogP contribution in [0.5, 0.6) is 0 Å². The maximum Gasteiger partial charge on any atom is 0.372 e. The first-order valence-electron chi connectivity index (χ1n) is 6.17. The highest BCUT2D eigenvalue weighted by molar-refractivity contribution is 5.86. The van der Waals surface area contributed by atoms with Gasteiger partial charge in [-0.05, 0) is 37.3 Å². The first kappa shape index (κ1) is 12.2. The van der Waals surface area contributed by atoms with E-state index in [1.54, 1.807) is 6.07 Å². The van der Waals surface area contributed by atoms with Crippen LogP contribution in [-0.2, 0) is 6.54 Å². The zero-order chi connectivity index (χ0) is 12.3. The van der Waals surface area contributed by atoms with Gasteiger partial charge in [0, 0.05) is 12.1 Å². The van der Waals surface area contributed by atoms with E-state index >= 15 is 0 Å². The summed E-state index contributed by atoms with van der Waals surface area (Å²) in [4.78, 5) is 10.8. The number of rotatable bonds is 5. The quantitative estimate of drug-likeness (QED) is 0.826. The van der Waals surface area contributed by atoms with Crippen molar-refractivity contribution in [1.82, 2.24) is 5.32 Å². The van der Waals surface area contributed by atoms with Gasteiger partial charge in [0.25, 0.3) is 0 Å². The number of aromatic carboxylic acids is 1. The van der Waals surface area contributed by atoms with Crippen LogP contribution in [0.3, 0.4) is 0 Å². The van der Waals surface area contributed by atoms with Crippen LogP contribution in [0.25, 0.3) is 0 Å². The monoisotopic (exact) mass is 237 g/mol. The highest BCUT2D eigenvalue weighted by Gasteiger charge is 2.21. The standard InChI is InChI=1S/C13H19NO3/c1-9-2-3-10(6-9)7-14-8-11-4-5-17-12(11)13(15)16/h4-5,9-10,14H,2-3,6-8H2,1H3,(H,15,16). The molecule has 17 heavy (non-hydrogen) atoms. The van der Waals surface area contributed by atoms with Gasteiger partial charge < -0.3 is 14.8 Å². The fourth-order valence-corrected chi connectivity index (χ4v) is 2.58. The van der Waals surface area contributed by atoms with Crippen LogP contribution in [0.1, 0.15) is 42.3 Å². The second-order valence-electron chi connectivity index (χ2n) is 5.00. The largest absolute Gasteiger partial charge is 0.475 e. The molecule has 1 aromatic heterocycles. The van der Waals surface area contributed by atoms with Gasteiger partial charge >= 0.3 is 5.97 Å². The number of furan rings is 1. The predicted octanol–water partition coefficient (Wildman–Crippen LogP) is 2.50. The average molecular weight is 237 g/mol. The lowest BCUT2D eigenvalue weighted by atomic mass is 10.1. The molecule has 0 radical (unpaired) electrons. The predicted molar refractivity (Wildman–Crippen MR) is 63.9 cm³/mol. The lowest BCUT2D eigenvalue weighted by Crippen LogP contribution is -2.21. The van der Waals surface area contributed by atoms with Gasteiger partial charge in [-0.25, -0.2) is 4.79 Å². The van der Waals surface area contributed by atoms with E-state index < -0.39 is 5.97 Å². The van der Waals surface area contributed by atoms with Crippen molar-refractivity contribution < 1.29 is 14.3 Å². The summed E-state index contributed by atoms with van der Waals surface area (Å²) in [6.07, 6.45) is 5.31. The third kappa shape index (κ3) is 3.09. The summed E-state index contributed by atoms with van der Waals surface area (Å²) < 4.78 is 4.93. The van der Waals surface area contributed by atoms with E-state index in [1.165, 1.54) is 25.5 Å². The van der Waals surface area contributed by atoms with Gasteiger partial charge in [0.15, 0.2) is 0 Å². The molecule has 0 spiro atoms. The summed E-state index contributed by atoms with van der Waals surface area (Å²) in [5.41, 5.74) is 0.726. The molecule has 94 valence electrons. The molecule has 2 rings (SSSR count). The molecule has 2 unspecified atom stereocenters. The number of carbonyl (C=O) groups is 1. The highest BCUT2D eigenvalue weighted by Crippen LogP contribution is 2.29. The van der Waals surface area contributed by atoms with Gasteiger partial charge in [-0.3, -0.25) is 0 Å². The molecule has 1 aliphatic rings. The number of carboxylic acid groups (broad SMARTS) is 1. The normalized spacial score (nSPS) is 24.1. The Morgan fingerprint density at radius 1 is 1.59 bits per heavy atom. The van der Waals surface area contributed by atoms with Crippen LogP contribution < -0.4 is 5.32 Å². The zero-order valence-corrected chi connectivity index (χ0v) is 10.1. The Bertz CT molecular complexity index is 386. The van der Waals surface area contributed by atoms with E-state index in [4.69, 9.17) is 9.52 Å². The molecule has 1 saturated carbocycles. The van der Waals surface area contributed by atoms with Gasteiger partial charge in [0.1, 0.15) is 0 Å². The minimum Gasteiger partial charge on any atom is -0.475 e. The second kappa shape index (κ2) is 5.36. The minimum atomic E-state index is -0.999. The summed E-state index contributed by atoms with van der Waals surface area (Å²) in [5.74, 6) is 0.633. The lowest BCUT2D eigenvalue weighted by molar-refractivity contribution is 0.0660. The molecule has 1 aromatic rings. The van der Waals surface area contributed by atoms with E-state index in [1.807, 2.05) is 0 Å². The molecule has 4 heteroatoms. The number of hydrogen-bond acceptors (Lipinski definition) is 3. The van der Waals surface area contributed by atoms with Crippen molar-refractivity contribution in [1.29, 1.82) is 0 Å². The van der Waals surface area contributed by atoms with Crippen LogP contribution in [0, 0.1) is 11.8 Å². The SMILES string of the molecule is CC1CCC(CNCc2ccoc2C(=O)O)C1. The van der Waals surface area contributed by atoms with Crippen molar-refractivity contribution in [2.75, 3.05) is 6.54 Å². The van der Waals surface area contributed by atoms with Crippen molar-refractivity contribution >= 4 is 5.97 Å². The van der Waals surface area contributed by atoms with Gasteiger partial charge in [0.2, 0.25) is 5.76 Å². The van der Waals surface area contributed by atoms with Crippen molar-refractivity contribution in [2.45, 2.75) is 32.7 Å². The van der Waals surface area contributed by atoms with Crippen LogP contribution in [-0.4, -0.2) is 17.6 Å². The lowest BCUT2D eigenvalue weighted by Gasteiger charge is -2.10. The van der Waals surface area contributed by atoms with Crippen molar-refractivity contribution in [3.63, 3.8) is 0 Å². The number of hydrogen-bond donors (Lipinski definition) is 2. The van der Waals surface area contributed by atoms with Crippen LogP contribution >= 0.6 is 0 Å². The molecule has 2 atom stereocenters. The summed E-state index contributed by atoms with van der Waals surface area (Å²) in [6, 6.07) is 1.72. The molecular formula is C13H19NO3. The van der Waals surface area contributed by atoms with E-state index in [2.05, 4.69) is 12.2 Å². The molecule has 1 aliphatic carbocycles.